The molecular formula is C18H31NO6. The van der Waals surface area contributed by atoms with E-state index in [2.05, 4.69) is 0 Å². The van der Waals surface area contributed by atoms with Gasteiger partial charge >= 0.3 is 11.9 Å². The Bertz CT molecular complexity index is 453. The van der Waals surface area contributed by atoms with E-state index in [4.69, 9.17) is 9.84 Å². The third kappa shape index (κ3) is 16.7. The number of carboxylic acid groups (broad SMARTS) is 2. The summed E-state index contributed by atoms with van der Waals surface area (Å²) in [5.41, 5.74) is 0. The van der Waals surface area contributed by atoms with E-state index < -0.39 is 18.0 Å². The molecule has 0 spiro atoms. The number of hydrogen-bond acceptors (Lipinski definition) is 5. The molecule has 0 aromatic heterocycles. The van der Waals surface area contributed by atoms with Crippen LogP contribution in [0.3, 0.4) is 0 Å². The highest BCUT2D eigenvalue weighted by Crippen LogP contribution is 2.10. The number of likely N-dealkylation sites (N-methyl/N-ethyl adjacent to an activating group) is 1. The number of unbranched alkanes of at least 4 members (excludes halogenated alkanes) is 4. The summed E-state index contributed by atoms with van der Waals surface area (Å²) in [7, 11) is 5.71. The van der Waals surface area contributed by atoms with Crippen LogP contribution in [0.4, 0.5) is 0 Å². The van der Waals surface area contributed by atoms with Crippen molar-refractivity contribution in [2.45, 2.75) is 57.5 Å². The van der Waals surface area contributed by atoms with E-state index in [1.54, 1.807) is 6.08 Å². The Morgan fingerprint density at radius 3 is 2.28 bits per heavy atom. The van der Waals surface area contributed by atoms with Gasteiger partial charge in [0.2, 0.25) is 0 Å². The van der Waals surface area contributed by atoms with E-state index in [0.29, 0.717) is 17.4 Å². The smallest absolute Gasteiger partial charge is 0.307 e. The summed E-state index contributed by atoms with van der Waals surface area (Å²) in [6.45, 7) is 0.419. The summed E-state index contributed by atoms with van der Waals surface area (Å²) in [5, 5.41) is 19.3. The van der Waals surface area contributed by atoms with Crippen LogP contribution < -0.4 is 5.11 Å². The van der Waals surface area contributed by atoms with Gasteiger partial charge in [0.25, 0.3) is 0 Å². The number of allylic oxidation sites excluding steroid dienone is 1. The van der Waals surface area contributed by atoms with E-state index in [-0.39, 0.29) is 25.2 Å². The van der Waals surface area contributed by atoms with E-state index in [1.165, 1.54) is 0 Å². The van der Waals surface area contributed by atoms with E-state index in [9.17, 15) is 19.5 Å². The number of carbonyl (C=O) groups excluding carboxylic acids is 2. The van der Waals surface area contributed by atoms with Crippen molar-refractivity contribution in [3.8, 4) is 0 Å². The molecule has 25 heavy (non-hydrogen) atoms. The fourth-order valence-corrected chi connectivity index (χ4v) is 2.37. The Balaban J connectivity index is 3.90. The summed E-state index contributed by atoms with van der Waals surface area (Å²) in [5.74, 6) is -2.43. The third-order valence-corrected chi connectivity index (χ3v) is 3.40. The first-order valence-corrected chi connectivity index (χ1v) is 8.66. The van der Waals surface area contributed by atoms with Crippen LogP contribution in [0.25, 0.3) is 0 Å². The minimum absolute atomic E-state index is 0.0478. The molecule has 0 amide bonds. The monoisotopic (exact) mass is 357 g/mol. The van der Waals surface area contributed by atoms with E-state index in [1.807, 2.05) is 27.2 Å². The Morgan fingerprint density at radius 1 is 1.08 bits per heavy atom. The Hall–Kier alpha value is -1.89. The van der Waals surface area contributed by atoms with Crippen molar-refractivity contribution >= 4 is 17.9 Å². The molecule has 0 saturated carbocycles. The first kappa shape index (κ1) is 23.1. The minimum Gasteiger partial charge on any atom is -0.550 e. The van der Waals surface area contributed by atoms with Gasteiger partial charge in [0.05, 0.1) is 27.6 Å². The molecule has 0 rings (SSSR count). The third-order valence-electron chi connectivity index (χ3n) is 3.40. The molecule has 0 aromatic rings. The summed E-state index contributed by atoms with van der Waals surface area (Å²) >= 11 is 0. The molecule has 0 heterocycles. The molecule has 0 aliphatic carbocycles. The molecule has 144 valence electrons. The van der Waals surface area contributed by atoms with Crippen molar-refractivity contribution in [3.63, 3.8) is 0 Å². The van der Waals surface area contributed by atoms with Gasteiger partial charge < -0.3 is 24.2 Å². The highest BCUT2D eigenvalue weighted by molar-refractivity contribution is 5.70. The van der Waals surface area contributed by atoms with Gasteiger partial charge in [-0.1, -0.05) is 25.0 Å². The standard InChI is InChI=1S/C18H31NO6/c1-19(2,3)14-15(13-17(22)23)25-18(24)12-10-8-6-4-5-7-9-11-16(20)21/h7,9,15H,4-6,8,10-14H2,1-3H3,(H-,20,21,22,23)/b9-7+. The second-order valence-electron chi connectivity index (χ2n) is 7.18. The number of carbonyl (C=O) groups is 3. The molecular weight excluding hydrogens is 326 g/mol. The van der Waals surface area contributed by atoms with Crippen molar-refractivity contribution in [1.29, 1.82) is 0 Å². The predicted molar refractivity (Wildman–Crippen MR) is 91.5 cm³/mol. The fraction of sp³-hybridized carbons (Fsp3) is 0.722. The van der Waals surface area contributed by atoms with Crippen molar-refractivity contribution in [3.05, 3.63) is 12.2 Å². The average molecular weight is 357 g/mol. The van der Waals surface area contributed by atoms with Crippen LogP contribution in [0, 0.1) is 0 Å². The Kier molecular flexibility index (Phi) is 11.5. The van der Waals surface area contributed by atoms with Gasteiger partial charge in [-0.05, 0) is 19.3 Å². The van der Waals surface area contributed by atoms with Gasteiger partial charge in [-0.25, -0.2) is 0 Å². The summed E-state index contributed by atoms with van der Waals surface area (Å²) in [6.07, 6.45) is 7.16. The molecule has 7 nitrogen and oxygen atoms in total. The number of nitrogens with zero attached hydrogens (tertiary/aromatic N) is 1. The van der Waals surface area contributed by atoms with E-state index in [0.717, 1.165) is 25.7 Å². The zero-order valence-corrected chi connectivity index (χ0v) is 15.5. The van der Waals surface area contributed by atoms with Crippen LogP contribution in [0.2, 0.25) is 0 Å². The normalized spacial score (nSPS) is 12.9. The molecule has 1 unspecified atom stereocenters. The van der Waals surface area contributed by atoms with E-state index >= 15 is 0 Å². The van der Waals surface area contributed by atoms with Crippen molar-refractivity contribution < 1.29 is 33.8 Å². The van der Waals surface area contributed by atoms with Gasteiger partial charge in [0.1, 0.15) is 6.54 Å². The van der Waals surface area contributed by atoms with Gasteiger partial charge in [-0.2, -0.15) is 0 Å². The molecule has 0 aromatic carbocycles. The van der Waals surface area contributed by atoms with Gasteiger partial charge in [-0.15, -0.1) is 0 Å². The molecule has 1 N–H and O–H groups in total. The summed E-state index contributed by atoms with van der Waals surface area (Å²) in [6, 6.07) is 0. The van der Waals surface area contributed by atoms with Crippen LogP contribution in [0.1, 0.15) is 51.4 Å². The molecule has 0 bridgehead atoms. The molecule has 0 saturated heterocycles. The molecule has 0 radical (unpaired) electrons. The molecule has 7 heteroatoms. The molecule has 1 atom stereocenters. The number of rotatable bonds is 14. The van der Waals surface area contributed by atoms with Crippen LogP contribution in [0.15, 0.2) is 12.2 Å². The Labute approximate surface area is 149 Å². The van der Waals surface area contributed by atoms with Crippen molar-refractivity contribution in [2.75, 3.05) is 27.7 Å². The first-order valence-electron chi connectivity index (χ1n) is 8.66. The van der Waals surface area contributed by atoms with Gasteiger partial charge in [0.15, 0.2) is 6.10 Å². The lowest BCUT2D eigenvalue weighted by Gasteiger charge is -2.29. The number of carboxylic acids is 2. The maximum atomic E-state index is 11.8. The second-order valence-corrected chi connectivity index (χ2v) is 7.18. The summed E-state index contributed by atoms with van der Waals surface area (Å²) in [4.78, 5) is 32.9. The SMILES string of the molecule is C[N+](C)(C)CC(CC(=O)[O-])OC(=O)CCCCCC/C=C/CC(=O)O. The lowest BCUT2D eigenvalue weighted by Crippen LogP contribution is -2.45. The van der Waals surface area contributed by atoms with Crippen LogP contribution in [-0.2, 0) is 19.1 Å². The number of esters is 1. The van der Waals surface area contributed by atoms with Gasteiger partial charge in [-0.3, -0.25) is 9.59 Å². The molecule has 0 fully saturated rings. The topological polar surface area (TPSA) is 104 Å². The van der Waals surface area contributed by atoms with Crippen molar-refractivity contribution in [1.82, 2.24) is 0 Å². The highest BCUT2D eigenvalue weighted by Gasteiger charge is 2.22. The second kappa shape index (κ2) is 12.5. The summed E-state index contributed by atoms with van der Waals surface area (Å²) < 4.78 is 5.78. The maximum absolute atomic E-state index is 11.8. The quantitative estimate of drug-likeness (QED) is 0.216. The van der Waals surface area contributed by atoms with Crippen LogP contribution in [0.5, 0.6) is 0 Å². The number of quaternary nitrogens is 1. The lowest BCUT2D eigenvalue weighted by atomic mass is 10.1. The minimum atomic E-state index is -1.22. The number of aliphatic carboxylic acids is 2. The van der Waals surface area contributed by atoms with Crippen molar-refractivity contribution in [2.24, 2.45) is 0 Å². The zero-order chi connectivity index (χ0) is 19.3. The van der Waals surface area contributed by atoms with Crippen LogP contribution in [-0.4, -0.2) is 61.3 Å². The molecule has 0 aliphatic heterocycles. The number of hydrogen-bond donors (Lipinski definition) is 1. The number of ether oxygens (including phenoxy) is 1. The lowest BCUT2D eigenvalue weighted by molar-refractivity contribution is -0.873. The zero-order valence-electron chi connectivity index (χ0n) is 15.5. The van der Waals surface area contributed by atoms with Gasteiger partial charge in [0, 0.05) is 18.8 Å². The van der Waals surface area contributed by atoms with Crippen LogP contribution >= 0.6 is 0 Å². The maximum Gasteiger partial charge on any atom is 0.307 e. The highest BCUT2D eigenvalue weighted by atomic mass is 16.5. The average Bonchev–Trinajstić information content (AvgIpc) is 2.42. The Morgan fingerprint density at radius 2 is 1.72 bits per heavy atom. The predicted octanol–water partition coefficient (Wildman–Crippen LogP) is 1.12. The fourth-order valence-electron chi connectivity index (χ4n) is 2.37. The molecule has 0 aliphatic rings. The largest absolute Gasteiger partial charge is 0.550 e. The first-order chi connectivity index (χ1) is 11.6.